The van der Waals surface area contributed by atoms with Gasteiger partial charge in [0.15, 0.2) is 0 Å². The molecule has 0 aromatic heterocycles. The maximum Gasteiger partial charge on any atom is 0.317 e. The number of urea groups is 1. The number of hydrogen-bond acceptors (Lipinski definition) is 2. The van der Waals surface area contributed by atoms with Gasteiger partial charge in [0.2, 0.25) is 0 Å². The molecular formula is C19H26N2O2. The monoisotopic (exact) mass is 314 g/mol. The van der Waals surface area contributed by atoms with Crippen LogP contribution in [0.4, 0.5) is 4.79 Å². The van der Waals surface area contributed by atoms with Crippen LogP contribution in [0.15, 0.2) is 36.4 Å². The number of methoxy groups -OCH3 is 1. The highest BCUT2D eigenvalue weighted by molar-refractivity contribution is 5.84. The zero-order chi connectivity index (χ0) is 16.7. The van der Waals surface area contributed by atoms with Gasteiger partial charge in [0.25, 0.3) is 0 Å². The van der Waals surface area contributed by atoms with Crippen LogP contribution in [-0.2, 0) is 6.54 Å². The summed E-state index contributed by atoms with van der Waals surface area (Å²) in [5, 5.41) is 5.25. The molecule has 4 nitrogen and oxygen atoms in total. The van der Waals surface area contributed by atoms with Crippen molar-refractivity contribution in [2.45, 2.75) is 32.7 Å². The molecule has 0 saturated carbocycles. The molecule has 1 N–H and O–H groups in total. The molecule has 23 heavy (non-hydrogen) atoms. The van der Waals surface area contributed by atoms with Gasteiger partial charge in [0.05, 0.1) is 7.11 Å². The van der Waals surface area contributed by atoms with Crippen molar-refractivity contribution in [3.8, 4) is 5.75 Å². The average Bonchev–Trinajstić information content (AvgIpc) is 2.58. The Morgan fingerprint density at radius 1 is 1.13 bits per heavy atom. The predicted molar refractivity (Wildman–Crippen MR) is 94.9 cm³/mol. The molecule has 0 spiro atoms. The normalized spacial score (nSPS) is 10.6. The van der Waals surface area contributed by atoms with E-state index in [1.54, 1.807) is 12.0 Å². The molecule has 0 bridgehead atoms. The van der Waals surface area contributed by atoms with E-state index in [9.17, 15) is 4.79 Å². The van der Waals surface area contributed by atoms with Gasteiger partial charge in [-0.05, 0) is 41.0 Å². The quantitative estimate of drug-likeness (QED) is 0.779. The van der Waals surface area contributed by atoms with E-state index in [0.29, 0.717) is 6.54 Å². The van der Waals surface area contributed by atoms with Crippen LogP contribution in [0.3, 0.4) is 0 Å². The molecule has 0 aliphatic carbocycles. The molecule has 4 heteroatoms. The SMILES string of the molecule is CCCCCNC(=O)N(C)Cc1ccc2cc(OC)ccc2c1. The minimum atomic E-state index is -0.0177. The smallest absolute Gasteiger partial charge is 0.317 e. The first-order chi connectivity index (χ1) is 11.1. The average molecular weight is 314 g/mol. The summed E-state index contributed by atoms with van der Waals surface area (Å²) >= 11 is 0. The molecular weight excluding hydrogens is 288 g/mol. The lowest BCUT2D eigenvalue weighted by molar-refractivity contribution is 0.206. The van der Waals surface area contributed by atoms with E-state index in [-0.39, 0.29) is 6.03 Å². The van der Waals surface area contributed by atoms with Crippen LogP contribution in [0, 0.1) is 0 Å². The van der Waals surface area contributed by atoms with Crippen LogP contribution in [0.25, 0.3) is 10.8 Å². The second-order valence-corrected chi connectivity index (χ2v) is 5.84. The first-order valence-electron chi connectivity index (χ1n) is 8.19. The largest absolute Gasteiger partial charge is 0.497 e. The lowest BCUT2D eigenvalue weighted by atomic mass is 10.1. The fourth-order valence-electron chi connectivity index (χ4n) is 2.55. The van der Waals surface area contributed by atoms with E-state index < -0.39 is 0 Å². The number of nitrogens with one attached hydrogen (secondary N) is 1. The number of benzene rings is 2. The van der Waals surface area contributed by atoms with Gasteiger partial charge in [-0.2, -0.15) is 0 Å². The lowest BCUT2D eigenvalue weighted by Gasteiger charge is -2.18. The van der Waals surface area contributed by atoms with Crippen LogP contribution in [0.1, 0.15) is 31.7 Å². The van der Waals surface area contributed by atoms with E-state index in [1.807, 2.05) is 25.2 Å². The van der Waals surface area contributed by atoms with Crippen molar-refractivity contribution in [3.05, 3.63) is 42.0 Å². The number of ether oxygens (including phenoxy) is 1. The maximum absolute atomic E-state index is 12.1. The van der Waals surface area contributed by atoms with E-state index in [2.05, 4.69) is 30.4 Å². The molecule has 2 aromatic carbocycles. The van der Waals surface area contributed by atoms with Gasteiger partial charge in [-0.3, -0.25) is 0 Å². The van der Waals surface area contributed by atoms with Crippen LogP contribution in [0.2, 0.25) is 0 Å². The molecule has 2 aromatic rings. The highest BCUT2D eigenvalue weighted by atomic mass is 16.5. The van der Waals surface area contributed by atoms with Gasteiger partial charge in [0.1, 0.15) is 5.75 Å². The van der Waals surface area contributed by atoms with Crippen molar-refractivity contribution in [3.63, 3.8) is 0 Å². The number of rotatable bonds is 7. The van der Waals surface area contributed by atoms with Crippen molar-refractivity contribution in [2.75, 3.05) is 20.7 Å². The minimum absolute atomic E-state index is 0.0177. The summed E-state index contributed by atoms with van der Waals surface area (Å²) in [6, 6.07) is 12.2. The van der Waals surface area contributed by atoms with E-state index >= 15 is 0 Å². The van der Waals surface area contributed by atoms with Crippen molar-refractivity contribution in [2.24, 2.45) is 0 Å². The summed E-state index contributed by atoms with van der Waals surface area (Å²) in [6.07, 6.45) is 3.35. The standard InChI is InChI=1S/C19H26N2O2/c1-4-5-6-11-20-19(22)21(2)14-15-7-8-17-13-18(23-3)10-9-16(17)12-15/h7-10,12-13H,4-6,11,14H2,1-3H3,(H,20,22). The van der Waals surface area contributed by atoms with E-state index in [1.165, 1.54) is 0 Å². The van der Waals surface area contributed by atoms with Crippen LogP contribution in [0.5, 0.6) is 5.75 Å². The number of carbonyl (C=O) groups is 1. The highest BCUT2D eigenvalue weighted by Gasteiger charge is 2.08. The van der Waals surface area contributed by atoms with Gasteiger partial charge < -0.3 is 15.0 Å². The Morgan fingerprint density at radius 3 is 2.61 bits per heavy atom. The van der Waals surface area contributed by atoms with Crippen molar-refractivity contribution in [1.29, 1.82) is 0 Å². The number of unbranched alkanes of at least 4 members (excludes halogenated alkanes) is 2. The van der Waals surface area contributed by atoms with Crippen molar-refractivity contribution >= 4 is 16.8 Å². The van der Waals surface area contributed by atoms with Gasteiger partial charge in [-0.1, -0.05) is 38.0 Å². The third-order valence-corrected chi connectivity index (χ3v) is 3.93. The molecule has 0 atom stereocenters. The summed E-state index contributed by atoms with van der Waals surface area (Å²) in [7, 11) is 3.50. The molecule has 0 aliphatic rings. The Kier molecular flexibility index (Phi) is 6.27. The Labute approximate surface area is 138 Å². The van der Waals surface area contributed by atoms with Crippen molar-refractivity contribution in [1.82, 2.24) is 10.2 Å². The molecule has 0 aliphatic heterocycles. The molecule has 2 amide bonds. The number of carbonyl (C=O) groups excluding carboxylic acids is 1. The third-order valence-electron chi connectivity index (χ3n) is 3.93. The fourth-order valence-corrected chi connectivity index (χ4v) is 2.55. The van der Waals surface area contributed by atoms with Crippen LogP contribution in [-0.4, -0.2) is 31.6 Å². The van der Waals surface area contributed by atoms with E-state index in [4.69, 9.17) is 4.74 Å². The number of fused-ring (bicyclic) bond motifs is 1. The third kappa shape index (κ3) is 4.88. The van der Waals surface area contributed by atoms with Gasteiger partial charge in [0, 0.05) is 20.1 Å². The zero-order valence-electron chi connectivity index (χ0n) is 14.3. The predicted octanol–water partition coefficient (Wildman–Crippen LogP) is 4.18. The highest BCUT2D eigenvalue weighted by Crippen LogP contribution is 2.22. The molecule has 2 rings (SSSR count). The zero-order valence-corrected chi connectivity index (χ0v) is 14.3. The second kappa shape index (κ2) is 8.42. The molecule has 0 fully saturated rings. The summed E-state index contributed by atoms with van der Waals surface area (Å²) in [5.41, 5.74) is 1.12. The molecule has 0 radical (unpaired) electrons. The molecule has 124 valence electrons. The number of amides is 2. The second-order valence-electron chi connectivity index (χ2n) is 5.84. The first kappa shape index (κ1) is 17.1. The number of nitrogens with zero attached hydrogens (tertiary/aromatic N) is 1. The first-order valence-corrected chi connectivity index (χ1v) is 8.19. The summed E-state index contributed by atoms with van der Waals surface area (Å²) in [4.78, 5) is 13.8. The van der Waals surface area contributed by atoms with Gasteiger partial charge >= 0.3 is 6.03 Å². The Hall–Kier alpha value is -2.23. The number of hydrogen-bond donors (Lipinski definition) is 1. The molecule has 0 heterocycles. The van der Waals surface area contributed by atoms with E-state index in [0.717, 1.165) is 47.9 Å². The Balaban J connectivity index is 1.96. The Morgan fingerprint density at radius 2 is 1.87 bits per heavy atom. The topological polar surface area (TPSA) is 41.6 Å². The maximum atomic E-state index is 12.1. The molecule has 0 saturated heterocycles. The Bertz CT molecular complexity index is 655. The van der Waals surface area contributed by atoms with Crippen molar-refractivity contribution < 1.29 is 9.53 Å². The van der Waals surface area contributed by atoms with Crippen LogP contribution >= 0.6 is 0 Å². The summed E-state index contributed by atoms with van der Waals surface area (Å²) in [5.74, 6) is 0.855. The van der Waals surface area contributed by atoms with Gasteiger partial charge in [-0.25, -0.2) is 4.79 Å². The summed E-state index contributed by atoms with van der Waals surface area (Å²) < 4.78 is 5.24. The molecule has 0 unspecified atom stereocenters. The fraction of sp³-hybridized carbons (Fsp3) is 0.421. The summed E-state index contributed by atoms with van der Waals surface area (Å²) in [6.45, 7) is 3.50. The van der Waals surface area contributed by atoms with Crippen LogP contribution < -0.4 is 10.1 Å². The lowest BCUT2D eigenvalue weighted by Crippen LogP contribution is -2.37. The minimum Gasteiger partial charge on any atom is -0.497 e. The van der Waals surface area contributed by atoms with Gasteiger partial charge in [-0.15, -0.1) is 0 Å².